The van der Waals surface area contributed by atoms with Gasteiger partial charge in [-0.25, -0.2) is 0 Å². The molecule has 248 valence electrons. The molecule has 0 bridgehead atoms. The molecule has 0 nitrogen and oxygen atoms in total. The largest absolute Gasteiger partial charge is 0.0654 e. The zero-order chi connectivity index (χ0) is 29.7. The van der Waals surface area contributed by atoms with E-state index in [9.17, 15) is 0 Å². The Morgan fingerprint density at radius 1 is 0.195 bits per heavy atom. The van der Waals surface area contributed by atoms with Crippen LogP contribution in [0.4, 0.5) is 0 Å². The molecular weight excluding hydrogens is 492 g/mol. The minimum atomic E-state index is 1.04. The molecule has 0 N–H and O–H groups in total. The summed E-state index contributed by atoms with van der Waals surface area (Å²) in [6.45, 7) is 7.00. The summed E-state index contributed by atoms with van der Waals surface area (Å²) in [5.74, 6) is 1.04. The van der Waals surface area contributed by atoms with Gasteiger partial charge in [-0.3, -0.25) is 0 Å². The Kier molecular flexibility index (Phi) is 38.0. The maximum Gasteiger partial charge on any atom is -0.0414 e. The Hall–Kier alpha value is 0. The van der Waals surface area contributed by atoms with E-state index in [1.165, 1.54) is 238 Å². The van der Waals surface area contributed by atoms with E-state index in [-0.39, 0.29) is 0 Å². The fraction of sp³-hybridized carbons (Fsp3) is 1.00. The predicted molar refractivity (Wildman–Crippen MR) is 191 cm³/mol. The van der Waals surface area contributed by atoms with E-state index in [0.29, 0.717) is 0 Å². The van der Waals surface area contributed by atoms with E-state index in [2.05, 4.69) is 20.8 Å². The first-order valence-corrected chi connectivity index (χ1v) is 20.3. The fourth-order valence-corrected chi connectivity index (χ4v) is 6.89. The molecule has 0 aliphatic carbocycles. The van der Waals surface area contributed by atoms with Crippen LogP contribution in [0.5, 0.6) is 0 Å². The van der Waals surface area contributed by atoms with Gasteiger partial charge >= 0.3 is 0 Å². The molecule has 0 heterocycles. The molecule has 41 heavy (non-hydrogen) atoms. The van der Waals surface area contributed by atoms with Gasteiger partial charge in [0.05, 0.1) is 0 Å². The summed E-state index contributed by atoms with van der Waals surface area (Å²) in [4.78, 5) is 0. The third-order valence-electron chi connectivity index (χ3n) is 9.90. The van der Waals surface area contributed by atoms with Crippen molar-refractivity contribution in [2.45, 2.75) is 258 Å². The van der Waals surface area contributed by atoms with Crippen LogP contribution in [0.25, 0.3) is 0 Å². The predicted octanol–water partition coefficient (Wildman–Crippen LogP) is 16.1. The minimum absolute atomic E-state index is 1.04. The van der Waals surface area contributed by atoms with Crippen molar-refractivity contribution in [1.82, 2.24) is 0 Å². The van der Waals surface area contributed by atoms with Gasteiger partial charge in [0.2, 0.25) is 0 Å². The minimum Gasteiger partial charge on any atom is -0.0654 e. The number of hydrogen-bond donors (Lipinski definition) is 0. The lowest BCUT2D eigenvalue weighted by Crippen LogP contribution is -2.01. The first kappa shape index (κ1) is 41.0. The summed E-state index contributed by atoms with van der Waals surface area (Å²) in [6, 6.07) is 0. The molecule has 0 amide bonds. The smallest absolute Gasteiger partial charge is 0.0414 e. The average molecular weight is 577 g/mol. The molecule has 0 aromatic heterocycles. The summed E-state index contributed by atoms with van der Waals surface area (Å²) in [7, 11) is 0. The maximum absolute atomic E-state index is 2.38. The number of unbranched alkanes of at least 4 members (excludes halogenated alkanes) is 31. The second-order valence-electron chi connectivity index (χ2n) is 14.2. The molecule has 0 spiro atoms. The van der Waals surface area contributed by atoms with Gasteiger partial charge < -0.3 is 0 Å². The molecule has 0 unspecified atom stereocenters. The molecule has 0 saturated carbocycles. The summed E-state index contributed by atoms with van der Waals surface area (Å²) in [5, 5.41) is 0. The van der Waals surface area contributed by atoms with Crippen molar-refractivity contribution >= 4 is 0 Å². The lowest BCUT2D eigenvalue weighted by atomic mass is 9.90. The standard InChI is InChI=1S/C41H84/c1-4-7-10-12-14-16-18-20-22-24-26-28-30-32-34-36-39-41(38-9-6-3)40-37-35-33-31-29-27-25-23-21-19-17-15-13-11-8-5-2/h41H,4-40H2,1-3H3. The normalized spacial score (nSPS) is 11.7. The van der Waals surface area contributed by atoms with E-state index < -0.39 is 0 Å². The summed E-state index contributed by atoms with van der Waals surface area (Å²) >= 11 is 0. The van der Waals surface area contributed by atoms with Gasteiger partial charge in [-0.2, -0.15) is 0 Å². The third kappa shape index (κ3) is 36.1. The maximum atomic E-state index is 2.38. The monoisotopic (exact) mass is 577 g/mol. The highest BCUT2D eigenvalue weighted by molar-refractivity contribution is 4.62. The first-order valence-electron chi connectivity index (χ1n) is 20.3. The van der Waals surface area contributed by atoms with Crippen LogP contribution in [0.2, 0.25) is 0 Å². The highest BCUT2D eigenvalue weighted by atomic mass is 14.1. The van der Waals surface area contributed by atoms with Gasteiger partial charge in [-0.15, -0.1) is 0 Å². The zero-order valence-corrected chi connectivity index (χ0v) is 29.7. The Balaban J connectivity index is 3.44. The quantitative estimate of drug-likeness (QED) is 0.0645. The molecule has 0 heteroatoms. The molecule has 0 aromatic carbocycles. The van der Waals surface area contributed by atoms with Gasteiger partial charge in [-0.05, 0) is 5.92 Å². The lowest BCUT2D eigenvalue weighted by molar-refractivity contribution is 0.370. The van der Waals surface area contributed by atoms with E-state index in [4.69, 9.17) is 0 Å². The van der Waals surface area contributed by atoms with Crippen molar-refractivity contribution < 1.29 is 0 Å². The third-order valence-corrected chi connectivity index (χ3v) is 9.90. The molecule has 0 radical (unpaired) electrons. The van der Waals surface area contributed by atoms with E-state index in [0.717, 1.165) is 5.92 Å². The molecule has 0 aromatic rings. The highest BCUT2D eigenvalue weighted by Gasteiger charge is 2.08. The van der Waals surface area contributed by atoms with Crippen LogP contribution in [-0.2, 0) is 0 Å². The second kappa shape index (κ2) is 38.0. The molecule has 0 aliphatic rings. The lowest BCUT2D eigenvalue weighted by Gasteiger charge is -2.16. The van der Waals surface area contributed by atoms with Crippen LogP contribution in [0.3, 0.4) is 0 Å². The molecule has 0 atom stereocenters. The number of rotatable bonds is 37. The van der Waals surface area contributed by atoms with Crippen molar-refractivity contribution in [2.75, 3.05) is 0 Å². The van der Waals surface area contributed by atoms with Gasteiger partial charge in [0.15, 0.2) is 0 Å². The molecular formula is C41H84. The molecule has 0 saturated heterocycles. The van der Waals surface area contributed by atoms with Gasteiger partial charge in [0, 0.05) is 0 Å². The van der Waals surface area contributed by atoms with Crippen molar-refractivity contribution in [3.8, 4) is 0 Å². The van der Waals surface area contributed by atoms with E-state index in [1.807, 2.05) is 0 Å². The van der Waals surface area contributed by atoms with Crippen LogP contribution in [0.1, 0.15) is 258 Å². The fourth-order valence-electron chi connectivity index (χ4n) is 6.89. The van der Waals surface area contributed by atoms with E-state index in [1.54, 1.807) is 0 Å². The van der Waals surface area contributed by atoms with Crippen LogP contribution >= 0.6 is 0 Å². The van der Waals surface area contributed by atoms with Crippen molar-refractivity contribution in [3.05, 3.63) is 0 Å². The first-order chi connectivity index (χ1) is 20.3. The molecule has 0 rings (SSSR count). The summed E-state index contributed by atoms with van der Waals surface area (Å²) in [6.07, 6.45) is 54.8. The number of hydrogen-bond acceptors (Lipinski definition) is 0. The Morgan fingerprint density at radius 3 is 0.585 bits per heavy atom. The Labute approximate surface area is 263 Å². The van der Waals surface area contributed by atoms with E-state index >= 15 is 0 Å². The Bertz CT molecular complexity index is 390. The van der Waals surface area contributed by atoms with Crippen LogP contribution in [0.15, 0.2) is 0 Å². The average Bonchev–Trinajstić information content (AvgIpc) is 2.98. The molecule has 0 aliphatic heterocycles. The van der Waals surface area contributed by atoms with Crippen molar-refractivity contribution in [1.29, 1.82) is 0 Å². The van der Waals surface area contributed by atoms with Gasteiger partial charge in [0.1, 0.15) is 0 Å². The van der Waals surface area contributed by atoms with Gasteiger partial charge in [0.25, 0.3) is 0 Å². The summed E-state index contributed by atoms with van der Waals surface area (Å²) < 4.78 is 0. The SMILES string of the molecule is CCCCCCCCCCCCCCCCCCC(CCCC)CCCCCCCCCCCCCCCCCC. The van der Waals surface area contributed by atoms with Crippen LogP contribution in [-0.4, -0.2) is 0 Å². The van der Waals surface area contributed by atoms with Gasteiger partial charge in [-0.1, -0.05) is 258 Å². The Morgan fingerprint density at radius 2 is 0.366 bits per heavy atom. The van der Waals surface area contributed by atoms with Crippen LogP contribution < -0.4 is 0 Å². The van der Waals surface area contributed by atoms with Crippen molar-refractivity contribution in [3.63, 3.8) is 0 Å². The van der Waals surface area contributed by atoms with Crippen LogP contribution in [0, 0.1) is 5.92 Å². The zero-order valence-electron chi connectivity index (χ0n) is 29.7. The second-order valence-corrected chi connectivity index (χ2v) is 14.2. The van der Waals surface area contributed by atoms with Crippen molar-refractivity contribution in [2.24, 2.45) is 5.92 Å². The topological polar surface area (TPSA) is 0 Å². The molecule has 0 fully saturated rings. The highest BCUT2D eigenvalue weighted by Crippen LogP contribution is 2.24. The summed E-state index contributed by atoms with van der Waals surface area (Å²) in [5.41, 5.74) is 0.